The van der Waals surface area contributed by atoms with Gasteiger partial charge < -0.3 is 9.84 Å². The van der Waals surface area contributed by atoms with Crippen molar-refractivity contribution in [1.82, 2.24) is 0 Å². The summed E-state index contributed by atoms with van der Waals surface area (Å²) in [6.45, 7) is 10.1. The minimum atomic E-state index is -2.94. The van der Waals surface area contributed by atoms with Crippen LogP contribution in [0.4, 0.5) is 0 Å². The summed E-state index contributed by atoms with van der Waals surface area (Å²) in [5.74, 6) is 0.306. The first kappa shape index (κ1) is 17.9. The number of aliphatic hydroxyl groups is 1. The molecule has 0 spiro atoms. The standard InChI is InChI=1S/C13H28O4S/c1-6-17-12(13(3,4)5)11(14)9-8-10-18(15,16)7-2/h11-12,14H,6-10H2,1-5H3. The van der Waals surface area contributed by atoms with Gasteiger partial charge >= 0.3 is 0 Å². The van der Waals surface area contributed by atoms with E-state index in [2.05, 4.69) is 0 Å². The van der Waals surface area contributed by atoms with E-state index in [0.29, 0.717) is 19.4 Å². The van der Waals surface area contributed by atoms with Gasteiger partial charge in [0.25, 0.3) is 0 Å². The van der Waals surface area contributed by atoms with Gasteiger partial charge in [-0.05, 0) is 25.2 Å². The van der Waals surface area contributed by atoms with Crippen molar-refractivity contribution >= 4 is 9.84 Å². The Bertz CT molecular complexity index is 316. The van der Waals surface area contributed by atoms with Crippen molar-refractivity contribution in [3.8, 4) is 0 Å². The highest BCUT2D eigenvalue weighted by Crippen LogP contribution is 2.27. The fraction of sp³-hybridized carbons (Fsp3) is 1.00. The highest BCUT2D eigenvalue weighted by molar-refractivity contribution is 7.91. The van der Waals surface area contributed by atoms with Gasteiger partial charge in [0.1, 0.15) is 9.84 Å². The van der Waals surface area contributed by atoms with E-state index in [0.717, 1.165) is 0 Å². The number of aliphatic hydroxyl groups excluding tert-OH is 1. The summed E-state index contributed by atoms with van der Waals surface area (Å²) in [6, 6.07) is 0. The lowest BCUT2D eigenvalue weighted by atomic mass is 9.84. The van der Waals surface area contributed by atoms with Gasteiger partial charge in [-0.25, -0.2) is 8.42 Å². The molecule has 0 fully saturated rings. The summed E-state index contributed by atoms with van der Waals surface area (Å²) in [6.07, 6.45) is 0.0712. The molecule has 0 aliphatic rings. The van der Waals surface area contributed by atoms with Crippen LogP contribution in [0.25, 0.3) is 0 Å². The molecule has 0 aromatic carbocycles. The van der Waals surface area contributed by atoms with E-state index >= 15 is 0 Å². The van der Waals surface area contributed by atoms with Crippen LogP contribution in [0.1, 0.15) is 47.5 Å². The Morgan fingerprint density at radius 1 is 1.22 bits per heavy atom. The van der Waals surface area contributed by atoms with Crippen LogP contribution in [-0.4, -0.2) is 43.8 Å². The number of hydrogen-bond acceptors (Lipinski definition) is 4. The van der Waals surface area contributed by atoms with Crippen LogP contribution in [0.15, 0.2) is 0 Å². The Hall–Kier alpha value is -0.130. The molecule has 0 aromatic rings. The third kappa shape index (κ3) is 6.71. The first-order chi connectivity index (χ1) is 8.14. The molecule has 110 valence electrons. The molecule has 0 aliphatic heterocycles. The Kier molecular flexibility index (Phi) is 7.40. The molecule has 4 nitrogen and oxygen atoms in total. The third-order valence-corrected chi connectivity index (χ3v) is 4.73. The molecule has 5 heteroatoms. The minimum absolute atomic E-state index is 0.142. The lowest BCUT2D eigenvalue weighted by molar-refractivity contribution is -0.0902. The zero-order chi connectivity index (χ0) is 14.4. The summed E-state index contributed by atoms with van der Waals surface area (Å²) >= 11 is 0. The second kappa shape index (κ2) is 7.46. The van der Waals surface area contributed by atoms with Gasteiger partial charge in [0.05, 0.1) is 18.0 Å². The molecule has 2 atom stereocenters. The van der Waals surface area contributed by atoms with E-state index in [-0.39, 0.29) is 23.0 Å². The van der Waals surface area contributed by atoms with Crippen LogP contribution >= 0.6 is 0 Å². The molecule has 0 aliphatic carbocycles. The van der Waals surface area contributed by atoms with Crippen LogP contribution in [0.5, 0.6) is 0 Å². The first-order valence-corrected chi connectivity index (χ1v) is 8.46. The molecule has 0 amide bonds. The predicted molar refractivity (Wildman–Crippen MR) is 74.4 cm³/mol. The molecule has 1 N–H and O–H groups in total. The molecule has 2 unspecified atom stereocenters. The SMILES string of the molecule is CCOC(C(O)CCCS(=O)(=O)CC)C(C)(C)C. The van der Waals surface area contributed by atoms with Crippen LogP contribution in [0, 0.1) is 5.41 Å². The van der Waals surface area contributed by atoms with E-state index in [1.54, 1.807) is 6.92 Å². The quantitative estimate of drug-likeness (QED) is 0.739. The molecule has 0 radical (unpaired) electrons. The number of sulfone groups is 1. The van der Waals surface area contributed by atoms with Crippen molar-refractivity contribution in [2.45, 2.75) is 59.7 Å². The van der Waals surface area contributed by atoms with E-state index < -0.39 is 15.9 Å². The van der Waals surface area contributed by atoms with Crippen molar-refractivity contribution in [2.24, 2.45) is 5.41 Å². The Morgan fingerprint density at radius 3 is 2.17 bits per heavy atom. The van der Waals surface area contributed by atoms with E-state index in [4.69, 9.17) is 4.74 Å². The van der Waals surface area contributed by atoms with Crippen LogP contribution in [-0.2, 0) is 14.6 Å². The zero-order valence-corrected chi connectivity index (χ0v) is 13.1. The summed E-state index contributed by atoms with van der Waals surface area (Å²) in [4.78, 5) is 0. The maximum atomic E-state index is 11.4. The average molecular weight is 280 g/mol. The normalized spacial score (nSPS) is 16.6. The fourth-order valence-electron chi connectivity index (χ4n) is 1.93. The second-order valence-corrected chi connectivity index (χ2v) is 8.16. The van der Waals surface area contributed by atoms with E-state index in [1.807, 2.05) is 27.7 Å². The topological polar surface area (TPSA) is 63.6 Å². The Morgan fingerprint density at radius 2 is 1.78 bits per heavy atom. The molecular formula is C13H28O4S. The number of hydrogen-bond donors (Lipinski definition) is 1. The van der Waals surface area contributed by atoms with Gasteiger partial charge in [0, 0.05) is 12.4 Å². The maximum Gasteiger partial charge on any atom is 0.150 e. The number of rotatable bonds is 8. The van der Waals surface area contributed by atoms with Gasteiger partial charge in [-0.15, -0.1) is 0 Å². The zero-order valence-electron chi connectivity index (χ0n) is 12.3. The Balaban J connectivity index is 4.32. The molecule has 0 heterocycles. The van der Waals surface area contributed by atoms with E-state index in [1.165, 1.54) is 0 Å². The van der Waals surface area contributed by atoms with Crippen LogP contribution in [0.3, 0.4) is 0 Å². The lowest BCUT2D eigenvalue weighted by Gasteiger charge is -2.34. The molecule has 0 bridgehead atoms. The van der Waals surface area contributed by atoms with Crippen molar-refractivity contribution in [3.63, 3.8) is 0 Å². The van der Waals surface area contributed by atoms with E-state index in [9.17, 15) is 13.5 Å². The van der Waals surface area contributed by atoms with Crippen LogP contribution < -0.4 is 0 Å². The van der Waals surface area contributed by atoms with Crippen LogP contribution in [0.2, 0.25) is 0 Å². The van der Waals surface area contributed by atoms with Gasteiger partial charge in [-0.1, -0.05) is 27.7 Å². The summed E-state index contributed by atoms with van der Waals surface area (Å²) in [5, 5.41) is 10.1. The van der Waals surface area contributed by atoms with Crippen molar-refractivity contribution in [1.29, 1.82) is 0 Å². The molecule has 18 heavy (non-hydrogen) atoms. The largest absolute Gasteiger partial charge is 0.390 e. The lowest BCUT2D eigenvalue weighted by Crippen LogP contribution is -2.40. The van der Waals surface area contributed by atoms with Gasteiger partial charge in [0.2, 0.25) is 0 Å². The molecule has 0 aromatic heterocycles. The summed E-state index contributed by atoms with van der Waals surface area (Å²) in [5.41, 5.74) is -0.154. The highest BCUT2D eigenvalue weighted by atomic mass is 32.2. The smallest absolute Gasteiger partial charge is 0.150 e. The Labute approximate surface area is 112 Å². The van der Waals surface area contributed by atoms with Gasteiger partial charge in [0.15, 0.2) is 0 Å². The summed E-state index contributed by atoms with van der Waals surface area (Å²) < 4.78 is 28.3. The minimum Gasteiger partial charge on any atom is -0.390 e. The fourth-order valence-corrected chi connectivity index (χ4v) is 2.82. The second-order valence-electron chi connectivity index (χ2n) is 5.69. The molecule has 0 saturated carbocycles. The van der Waals surface area contributed by atoms with Crippen molar-refractivity contribution in [3.05, 3.63) is 0 Å². The predicted octanol–water partition coefficient (Wildman–Crippen LogP) is 2.01. The van der Waals surface area contributed by atoms with Crippen molar-refractivity contribution in [2.75, 3.05) is 18.1 Å². The maximum absolute atomic E-state index is 11.4. The number of ether oxygens (including phenoxy) is 1. The first-order valence-electron chi connectivity index (χ1n) is 6.64. The summed E-state index contributed by atoms with van der Waals surface area (Å²) in [7, 11) is -2.94. The molecule has 0 saturated heterocycles. The molecule has 0 rings (SSSR count). The monoisotopic (exact) mass is 280 g/mol. The highest BCUT2D eigenvalue weighted by Gasteiger charge is 2.31. The van der Waals surface area contributed by atoms with Gasteiger partial charge in [-0.3, -0.25) is 0 Å². The third-order valence-electron chi connectivity index (χ3n) is 2.94. The van der Waals surface area contributed by atoms with Gasteiger partial charge in [-0.2, -0.15) is 0 Å². The average Bonchev–Trinajstić information content (AvgIpc) is 2.23. The van der Waals surface area contributed by atoms with Crippen molar-refractivity contribution < 1.29 is 18.3 Å². The molecular weight excluding hydrogens is 252 g/mol.